The molecule has 0 saturated carbocycles. The molecule has 0 N–H and O–H groups in total. The van der Waals surface area contributed by atoms with Gasteiger partial charge in [-0.15, -0.1) is 0 Å². The Labute approximate surface area is 90.2 Å². The van der Waals surface area contributed by atoms with E-state index in [1.807, 2.05) is 6.07 Å². The van der Waals surface area contributed by atoms with Crippen molar-refractivity contribution in [3.05, 3.63) is 29.3 Å². The lowest BCUT2D eigenvalue weighted by atomic mass is 9.99. The lowest BCUT2D eigenvalue weighted by Gasteiger charge is -2.24. The monoisotopic (exact) mass is 223 g/mol. The average Bonchev–Trinajstić information content (AvgIpc) is 2.28. The van der Waals surface area contributed by atoms with Gasteiger partial charge in [0.2, 0.25) is 0 Å². The standard InChI is InChI=1S/C11H7F2NO2/c12-11(13)10-4-8(15)7-3-6(5-14)1-2-9(7)16-10/h1-3,10-11H,4H2. The number of ketones is 1. The molecule has 1 aliphatic heterocycles. The number of Topliss-reactive ketones (excluding diaryl/α,β-unsaturated/α-hetero) is 1. The van der Waals surface area contributed by atoms with Crippen molar-refractivity contribution < 1.29 is 18.3 Å². The lowest BCUT2D eigenvalue weighted by molar-refractivity contribution is 0.00307. The quantitative estimate of drug-likeness (QED) is 0.733. The minimum Gasteiger partial charge on any atom is -0.483 e. The Bertz CT molecular complexity index is 479. The first-order chi connectivity index (χ1) is 7.61. The number of benzene rings is 1. The van der Waals surface area contributed by atoms with E-state index in [0.29, 0.717) is 5.56 Å². The molecule has 0 radical (unpaired) electrons. The topological polar surface area (TPSA) is 50.1 Å². The third-order valence-corrected chi connectivity index (χ3v) is 2.36. The molecule has 82 valence electrons. The number of alkyl halides is 2. The van der Waals surface area contributed by atoms with Crippen LogP contribution in [0.15, 0.2) is 18.2 Å². The van der Waals surface area contributed by atoms with Gasteiger partial charge in [0.25, 0.3) is 6.43 Å². The van der Waals surface area contributed by atoms with E-state index < -0.39 is 18.3 Å². The van der Waals surface area contributed by atoms with Crippen molar-refractivity contribution in [3.8, 4) is 11.8 Å². The first kappa shape index (κ1) is 10.6. The summed E-state index contributed by atoms with van der Waals surface area (Å²) in [6.07, 6.45) is -4.42. The summed E-state index contributed by atoms with van der Waals surface area (Å²) in [6, 6.07) is 6.04. The minimum atomic E-state index is -2.69. The highest BCUT2D eigenvalue weighted by molar-refractivity contribution is 6.00. The van der Waals surface area contributed by atoms with E-state index >= 15 is 0 Å². The summed E-state index contributed by atoms with van der Waals surface area (Å²) in [5.74, 6) is -0.288. The molecule has 0 bridgehead atoms. The van der Waals surface area contributed by atoms with Crippen LogP contribution in [0.5, 0.6) is 5.75 Å². The first-order valence-electron chi connectivity index (χ1n) is 4.64. The maximum Gasteiger partial charge on any atom is 0.275 e. The van der Waals surface area contributed by atoms with Crippen molar-refractivity contribution in [3.63, 3.8) is 0 Å². The van der Waals surface area contributed by atoms with E-state index in [4.69, 9.17) is 10.00 Å². The fraction of sp³-hybridized carbons (Fsp3) is 0.273. The Balaban J connectivity index is 2.39. The zero-order valence-electron chi connectivity index (χ0n) is 8.11. The van der Waals surface area contributed by atoms with E-state index in [1.165, 1.54) is 18.2 Å². The Morgan fingerprint density at radius 3 is 2.88 bits per heavy atom. The van der Waals surface area contributed by atoms with Crippen LogP contribution in [0.25, 0.3) is 0 Å². The van der Waals surface area contributed by atoms with Gasteiger partial charge in [0, 0.05) is 0 Å². The van der Waals surface area contributed by atoms with Crippen LogP contribution in [0.1, 0.15) is 22.3 Å². The number of carbonyl (C=O) groups is 1. The van der Waals surface area contributed by atoms with Crippen molar-refractivity contribution in [2.75, 3.05) is 0 Å². The normalized spacial score (nSPS) is 18.9. The van der Waals surface area contributed by atoms with Gasteiger partial charge >= 0.3 is 0 Å². The van der Waals surface area contributed by atoms with Gasteiger partial charge in [-0.2, -0.15) is 5.26 Å². The van der Waals surface area contributed by atoms with E-state index in [2.05, 4.69) is 0 Å². The van der Waals surface area contributed by atoms with Crippen LogP contribution < -0.4 is 4.74 Å². The van der Waals surface area contributed by atoms with Gasteiger partial charge in [-0.1, -0.05) is 0 Å². The molecule has 5 heteroatoms. The lowest BCUT2D eigenvalue weighted by Crippen LogP contribution is -2.32. The van der Waals surface area contributed by atoms with E-state index in [-0.39, 0.29) is 17.7 Å². The fourth-order valence-corrected chi connectivity index (χ4v) is 1.56. The number of nitriles is 1. The number of rotatable bonds is 1. The molecule has 3 nitrogen and oxygen atoms in total. The van der Waals surface area contributed by atoms with Crippen LogP contribution in [-0.4, -0.2) is 18.3 Å². The van der Waals surface area contributed by atoms with Crippen molar-refractivity contribution in [1.29, 1.82) is 5.26 Å². The third kappa shape index (κ3) is 1.74. The molecule has 1 atom stereocenters. The summed E-state index contributed by atoms with van der Waals surface area (Å²) in [5, 5.41) is 8.64. The molecule has 1 aliphatic rings. The van der Waals surface area contributed by atoms with Crippen molar-refractivity contribution in [2.24, 2.45) is 0 Å². The second-order valence-corrected chi connectivity index (χ2v) is 3.44. The van der Waals surface area contributed by atoms with Gasteiger partial charge in [-0.05, 0) is 18.2 Å². The molecule has 0 aliphatic carbocycles. The van der Waals surface area contributed by atoms with Crippen molar-refractivity contribution >= 4 is 5.78 Å². The largest absolute Gasteiger partial charge is 0.483 e. The third-order valence-electron chi connectivity index (χ3n) is 2.36. The smallest absolute Gasteiger partial charge is 0.275 e. The molecule has 0 spiro atoms. The number of hydrogen-bond acceptors (Lipinski definition) is 3. The second-order valence-electron chi connectivity index (χ2n) is 3.44. The van der Waals surface area contributed by atoms with Crippen LogP contribution >= 0.6 is 0 Å². The molecule has 1 aromatic carbocycles. The molecule has 0 fully saturated rings. The Hall–Kier alpha value is -1.96. The van der Waals surface area contributed by atoms with Crippen LogP contribution in [0.3, 0.4) is 0 Å². The molecule has 16 heavy (non-hydrogen) atoms. The summed E-state index contributed by atoms with van der Waals surface area (Å²) in [4.78, 5) is 11.5. The van der Waals surface area contributed by atoms with Gasteiger partial charge in [-0.25, -0.2) is 8.78 Å². The number of fused-ring (bicyclic) bond motifs is 1. The molecule has 1 heterocycles. The predicted molar refractivity (Wildman–Crippen MR) is 50.5 cm³/mol. The van der Waals surface area contributed by atoms with Crippen LogP contribution in [-0.2, 0) is 0 Å². The van der Waals surface area contributed by atoms with Gasteiger partial charge < -0.3 is 4.74 Å². The Morgan fingerprint density at radius 1 is 1.50 bits per heavy atom. The molecule has 0 saturated heterocycles. The zero-order chi connectivity index (χ0) is 11.7. The number of carbonyl (C=O) groups excluding carboxylic acids is 1. The average molecular weight is 223 g/mol. The second kappa shape index (κ2) is 3.89. The number of nitrogens with zero attached hydrogens (tertiary/aromatic N) is 1. The van der Waals surface area contributed by atoms with Gasteiger partial charge in [0.15, 0.2) is 11.9 Å². The highest BCUT2D eigenvalue weighted by Gasteiger charge is 2.32. The van der Waals surface area contributed by atoms with Gasteiger partial charge in [0.05, 0.1) is 23.6 Å². The summed E-state index contributed by atoms with van der Waals surface area (Å²) >= 11 is 0. The highest BCUT2D eigenvalue weighted by atomic mass is 19.3. The highest BCUT2D eigenvalue weighted by Crippen LogP contribution is 2.30. The van der Waals surface area contributed by atoms with Crippen LogP contribution in [0, 0.1) is 11.3 Å². The van der Waals surface area contributed by atoms with Gasteiger partial charge in [0.1, 0.15) is 5.75 Å². The maximum atomic E-state index is 12.4. The van der Waals surface area contributed by atoms with Crippen LogP contribution in [0.2, 0.25) is 0 Å². The molecule has 1 aromatic rings. The SMILES string of the molecule is N#Cc1ccc2c(c1)C(=O)CC(C(F)F)O2. The molecular formula is C11H7F2NO2. The molecular weight excluding hydrogens is 216 g/mol. The minimum absolute atomic E-state index is 0.126. The van der Waals surface area contributed by atoms with E-state index in [0.717, 1.165) is 0 Å². The van der Waals surface area contributed by atoms with Crippen LogP contribution in [0.4, 0.5) is 8.78 Å². The molecule has 2 rings (SSSR count). The summed E-state index contributed by atoms with van der Waals surface area (Å²) < 4.78 is 29.8. The summed E-state index contributed by atoms with van der Waals surface area (Å²) in [6.45, 7) is 0. The van der Waals surface area contributed by atoms with Gasteiger partial charge in [-0.3, -0.25) is 4.79 Å². The predicted octanol–water partition coefficient (Wildman–Crippen LogP) is 2.16. The van der Waals surface area contributed by atoms with E-state index in [1.54, 1.807) is 0 Å². The Kier molecular flexibility index (Phi) is 2.57. The Morgan fingerprint density at radius 2 is 2.25 bits per heavy atom. The first-order valence-corrected chi connectivity index (χ1v) is 4.64. The summed E-state index contributed by atoms with van der Waals surface area (Å²) in [7, 11) is 0. The number of hydrogen-bond donors (Lipinski definition) is 0. The fourth-order valence-electron chi connectivity index (χ4n) is 1.56. The number of ether oxygens (including phenoxy) is 1. The molecule has 0 amide bonds. The molecule has 1 unspecified atom stereocenters. The zero-order valence-corrected chi connectivity index (χ0v) is 8.11. The number of halogens is 2. The van der Waals surface area contributed by atoms with Crippen molar-refractivity contribution in [1.82, 2.24) is 0 Å². The summed E-state index contributed by atoms with van der Waals surface area (Å²) in [5.41, 5.74) is 0.516. The van der Waals surface area contributed by atoms with E-state index in [9.17, 15) is 13.6 Å². The molecule has 0 aromatic heterocycles. The van der Waals surface area contributed by atoms with Crippen molar-refractivity contribution in [2.45, 2.75) is 19.0 Å². The maximum absolute atomic E-state index is 12.4.